The van der Waals surface area contributed by atoms with E-state index in [1.807, 2.05) is 0 Å². The number of phosphoric acid groups is 3. The lowest BCUT2D eigenvalue weighted by atomic mass is 9.87. The minimum absolute atomic E-state index is 0.0310. The molecular weight excluding hydrogens is 771 g/mol. The van der Waals surface area contributed by atoms with Crippen molar-refractivity contribution in [2.45, 2.75) is 57.8 Å². The van der Waals surface area contributed by atoms with E-state index in [4.69, 9.17) is 19.5 Å². The number of aliphatic hydroxyl groups excluding tert-OH is 2. The number of thioether (sulfide) groups is 1. The highest BCUT2D eigenvalue weighted by Crippen LogP contribution is 2.61. The van der Waals surface area contributed by atoms with Gasteiger partial charge in [0.05, 0.1) is 19.5 Å². The summed E-state index contributed by atoms with van der Waals surface area (Å²) in [5.41, 5.74) is 4.26. The van der Waals surface area contributed by atoms with Crippen LogP contribution in [0.5, 0.6) is 0 Å². The summed E-state index contributed by atoms with van der Waals surface area (Å²) in [6.07, 6.45) is -6.88. The summed E-state index contributed by atoms with van der Waals surface area (Å²) in [5.74, 6) is -1.08. The molecule has 1 saturated heterocycles. The van der Waals surface area contributed by atoms with Gasteiger partial charge in [-0.15, -0.1) is 0 Å². The third-order valence-corrected chi connectivity index (χ3v) is 10.7. The van der Waals surface area contributed by atoms with Crippen molar-refractivity contribution in [1.29, 1.82) is 0 Å². The zero-order valence-corrected chi connectivity index (χ0v) is 30.6. The van der Waals surface area contributed by atoms with E-state index < -0.39 is 84.6 Å². The molecule has 1 fully saturated rings. The van der Waals surface area contributed by atoms with E-state index in [0.29, 0.717) is 5.75 Å². The molecule has 0 aromatic carbocycles. The van der Waals surface area contributed by atoms with Gasteiger partial charge in [-0.05, 0) is 0 Å². The van der Waals surface area contributed by atoms with Gasteiger partial charge in [-0.3, -0.25) is 32.5 Å². The van der Waals surface area contributed by atoms with Gasteiger partial charge >= 0.3 is 23.5 Å². The van der Waals surface area contributed by atoms with Crippen LogP contribution < -0.4 is 16.4 Å². The van der Waals surface area contributed by atoms with Gasteiger partial charge in [-0.1, -0.05) is 25.6 Å². The van der Waals surface area contributed by atoms with Crippen molar-refractivity contribution in [1.82, 2.24) is 30.2 Å². The van der Waals surface area contributed by atoms with Crippen LogP contribution >= 0.6 is 35.2 Å². The molecule has 0 spiro atoms. The van der Waals surface area contributed by atoms with Gasteiger partial charge in [0.15, 0.2) is 22.8 Å². The number of aliphatic hydroxyl groups is 2. The second-order valence-corrected chi connectivity index (χ2v) is 16.9. The van der Waals surface area contributed by atoms with Crippen LogP contribution in [0.15, 0.2) is 12.7 Å². The number of aromatic nitrogens is 4. The molecule has 288 valence electrons. The fourth-order valence-corrected chi connectivity index (χ4v) is 7.65. The highest BCUT2D eigenvalue weighted by atomic mass is 32.2. The molecule has 0 radical (unpaired) electrons. The Morgan fingerprint density at radius 1 is 1.08 bits per heavy atom. The van der Waals surface area contributed by atoms with Gasteiger partial charge in [-0.2, -0.15) is 4.31 Å². The number of hydrogen-bond acceptors (Lipinski definition) is 18. The molecule has 2 aromatic heterocycles. The van der Waals surface area contributed by atoms with Crippen molar-refractivity contribution in [2.24, 2.45) is 5.41 Å². The number of imidazole rings is 1. The van der Waals surface area contributed by atoms with E-state index >= 15 is 0 Å². The maximum Gasteiger partial charge on any atom is 0.481 e. The van der Waals surface area contributed by atoms with Crippen LogP contribution in [0.4, 0.5) is 5.82 Å². The van der Waals surface area contributed by atoms with Gasteiger partial charge < -0.3 is 50.9 Å². The predicted octanol–water partition coefficient (Wildman–Crippen LogP) is -1.32. The SMILES string of the molecule is CC(=O)SCCNC(=O)CCNC(=O)C(O)C(C)(C)COP(=O)(O)OP(=O)(O)OC[C@H]1O[C@@H](n2cnc3c(N)ncnc32)[C@H](O)[C@@H]1OP(=O)(O)O. The fraction of sp³-hybridized carbons (Fsp3) is 0.652. The molecule has 2 amide bonds. The van der Waals surface area contributed by atoms with Crippen molar-refractivity contribution < 1.29 is 80.5 Å². The molecule has 1 aliphatic rings. The van der Waals surface area contributed by atoms with Crippen molar-refractivity contribution in [3.8, 4) is 0 Å². The van der Waals surface area contributed by atoms with Gasteiger partial charge in [0.25, 0.3) is 0 Å². The van der Waals surface area contributed by atoms with E-state index in [1.165, 1.54) is 20.8 Å². The number of carbonyl (C=O) groups excluding carboxylic acids is 3. The van der Waals surface area contributed by atoms with Crippen LogP contribution in [-0.2, 0) is 50.7 Å². The minimum atomic E-state index is -5.56. The first-order valence-corrected chi connectivity index (χ1v) is 20.0. The van der Waals surface area contributed by atoms with Crippen LogP contribution in [0.3, 0.4) is 0 Å². The lowest BCUT2D eigenvalue weighted by molar-refractivity contribution is -0.137. The highest BCUT2D eigenvalue weighted by molar-refractivity contribution is 8.13. The molecule has 7 atom stereocenters. The molecule has 3 heterocycles. The van der Waals surface area contributed by atoms with Gasteiger partial charge in [0, 0.05) is 37.6 Å². The molecule has 24 nitrogen and oxygen atoms in total. The van der Waals surface area contributed by atoms with E-state index in [0.717, 1.165) is 29.0 Å². The number of carbonyl (C=O) groups is 3. The number of nitrogen functional groups attached to an aromatic ring is 1. The second-order valence-electron chi connectivity index (χ2n) is 11.4. The lowest BCUT2D eigenvalue weighted by Crippen LogP contribution is -2.46. The number of nitrogens with zero attached hydrogens (tertiary/aromatic N) is 4. The van der Waals surface area contributed by atoms with E-state index in [2.05, 4.69) is 34.4 Å². The van der Waals surface area contributed by atoms with Crippen LogP contribution in [-0.4, -0.2) is 123 Å². The summed E-state index contributed by atoms with van der Waals surface area (Å²) in [4.78, 5) is 85.9. The molecule has 51 heavy (non-hydrogen) atoms. The number of nitrogens with two attached hydrogens (primary N) is 1. The zero-order valence-electron chi connectivity index (χ0n) is 27.1. The van der Waals surface area contributed by atoms with Crippen LogP contribution in [0, 0.1) is 5.41 Å². The van der Waals surface area contributed by atoms with Crippen LogP contribution in [0.1, 0.15) is 33.4 Å². The monoisotopic (exact) mass is 809 g/mol. The number of hydrogen-bond donors (Lipinski definition) is 9. The molecule has 0 saturated carbocycles. The number of nitrogens with one attached hydrogen (secondary N) is 2. The normalized spacial score (nSPS) is 22.6. The average Bonchev–Trinajstić information content (AvgIpc) is 3.57. The van der Waals surface area contributed by atoms with Gasteiger partial charge in [0.2, 0.25) is 11.8 Å². The number of anilines is 1. The summed E-state index contributed by atoms with van der Waals surface area (Å²) in [6, 6.07) is 0. The Morgan fingerprint density at radius 2 is 1.75 bits per heavy atom. The molecular formula is C23H38N7O17P3S. The fourth-order valence-electron chi connectivity index (χ4n) is 4.32. The van der Waals surface area contributed by atoms with Gasteiger partial charge in [-0.25, -0.2) is 28.6 Å². The van der Waals surface area contributed by atoms with Gasteiger partial charge in [0.1, 0.15) is 36.3 Å². The number of fused-ring (bicyclic) bond motifs is 1. The maximum atomic E-state index is 12.6. The highest BCUT2D eigenvalue weighted by Gasteiger charge is 2.50. The zero-order chi connectivity index (χ0) is 38.4. The molecule has 3 unspecified atom stereocenters. The molecule has 2 aromatic rings. The Balaban J connectivity index is 1.55. The second kappa shape index (κ2) is 17.6. The summed E-state index contributed by atoms with van der Waals surface area (Å²) < 4.78 is 61.8. The standard InChI is InChI=1S/C23H38N7O17P3S/c1-12(31)51-7-6-25-14(32)4-5-26-21(35)18(34)23(2,3)9-44-50(41,42)47-49(39,40)43-8-13-17(46-48(36,37)38)16(33)22(45-13)30-11-29-15-19(24)27-10-28-20(15)30/h10-11,13,16-18,22,33-34H,4-9H2,1-3H3,(H,25,32)(H,26,35)(H,39,40)(H,41,42)(H2,24,27,28)(H2,36,37,38)/t13-,16-,17-,18?,22-/m1/s1. The van der Waals surface area contributed by atoms with Crippen LogP contribution in [0.25, 0.3) is 11.2 Å². The molecule has 3 rings (SSSR count). The smallest absolute Gasteiger partial charge is 0.386 e. The number of rotatable bonds is 19. The van der Waals surface area contributed by atoms with Crippen molar-refractivity contribution in [3.63, 3.8) is 0 Å². The van der Waals surface area contributed by atoms with Crippen LogP contribution in [0.2, 0.25) is 0 Å². The number of phosphoric ester groups is 3. The van der Waals surface area contributed by atoms with E-state index in [1.54, 1.807) is 0 Å². The predicted molar refractivity (Wildman–Crippen MR) is 173 cm³/mol. The summed E-state index contributed by atoms with van der Waals surface area (Å²) >= 11 is 1.03. The Morgan fingerprint density at radius 3 is 2.39 bits per heavy atom. The molecule has 28 heteroatoms. The molecule has 0 aliphatic carbocycles. The summed E-state index contributed by atoms with van der Waals surface area (Å²) in [6.45, 7) is 1.90. The van der Waals surface area contributed by atoms with E-state index in [-0.39, 0.29) is 41.6 Å². The Labute approximate surface area is 293 Å². The molecule has 0 bridgehead atoms. The summed E-state index contributed by atoms with van der Waals surface area (Å²) in [7, 11) is -16.4. The van der Waals surface area contributed by atoms with Crippen molar-refractivity contribution in [3.05, 3.63) is 12.7 Å². The lowest BCUT2D eigenvalue weighted by Gasteiger charge is -2.30. The minimum Gasteiger partial charge on any atom is -0.386 e. The van der Waals surface area contributed by atoms with Crippen molar-refractivity contribution >= 4 is 69.1 Å². The summed E-state index contributed by atoms with van der Waals surface area (Å²) in [5, 5.41) is 26.1. The molecule has 10 N–H and O–H groups in total. The first-order valence-electron chi connectivity index (χ1n) is 14.5. The van der Waals surface area contributed by atoms with E-state index in [9.17, 15) is 57.9 Å². The third-order valence-electron chi connectivity index (χ3n) is 6.81. The Hall–Kier alpha value is -2.44. The third kappa shape index (κ3) is 12.9. The van der Waals surface area contributed by atoms with Crippen molar-refractivity contribution in [2.75, 3.05) is 37.8 Å². The topological polar surface area (TPSA) is 364 Å². The molecule has 1 aliphatic heterocycles. The first-order chi connectivity index (χ1) is 23.5. The first kappa shape index (κ1) is 43.0. The number of amides is 2. The average molecular weight is 810 g/mol. The number of ether oxygens (including phenoxy) is 1. The maximum absolute atomic E-state index is 12.6. The Kier molecular flexibility index (Phi) is 14.8. The quantitative estimate of drug-likeness (QED) is 0.0587. The largest absolute Gasteiger partial charge is 0.481 e. The Bertz CT molecular complexity index is 1710.